The van der Waals surface area contributed by atoms with E-state index in [2.05, 4.69) is 10.6 Å². The van der Waals surface area contributed by atoms with Crippen LogP contribution in [0.2, 0.25) is 10.0 Å². The third kappa shape index (κ3) is 3.92. The topological polar surface area (TPSA) is 87.7 Å². The molecule has 186 valence electrons. The van der Waals surface area contributed by atoms with Gasteiger partial charge in [0.15, 0.2) is 0 Å². The van der Waals surface area contributed by atoms with Gasteiger partial charge in [-0.25, -0.2) is 4.39 Å². The number of aryl methyl sites for hydroxylation is 1. The lowest BCUT2D eigenvalue weighted by Gasteiger charge is -2.47. The molecule has 3 N–H and O–H groups in total. The summed E-state index contributed by atoms with van der Waals surface area (Å²) in [7, 11) is 0. The number of fused-ring (bicyclic) bond motifs is 2. The van der Waals surface area contributed by atoms with Crippen molar-refractivity contribution < 1.29 is 23.8 Å². The maximum atomic E-state index is 14.5. The Bertz CT molecular complexity index is 1380. The predicted octanol–water partition coefficient (Wildman–Crippen LogP) is 5.05. The molecule has 0 saturated carbocycles. The van der Waals surface area contributed by atoms with Crippen LogP contribution in [0.15, 0.2) is 54.6 Å². The molecule has 36 heavy (non-hydrogen) atoms. The molecule has 0 aromatic heterocycles. The maximum absolute atomic E-state index is 14.5. The Morgan fingerprint density at radius 1 is 1.06 bits per heavy atom. The van der Waals surface area contributed by atoms with Crippen molar-refractivity contribution in [2.75, 3.05) is 18.5 Å². The summed E-state index contributed by atoms with van der Waals surface area (Å²) in [6, 6.07) is 13.5. The molecule has 0 bridgehead atoms. The summed E-state index contributed by atoms with van der Waals surface area (Å²) < 4.78 is 20.3. The molecular formula is C27H23Cl2FN2O4. The number of rotatable bonds is 5. The molecule has 3 aromatic rings. The molecule has 0 unspecified atom stereocenters. The Morgan fingerprint density at radius 2 is 1.81 bits per heavy atom. The molecular weight excluding hydrogens is 506 g/mol. The first-order valence-electron chi connectivity index (χ1n) is 11.5. The lowest BCUT2D eigenvalue weighted by molar-refractivity contribution is -0.131. The first-order chi connectivity index (χ1) is 17.2. The van der Waals surface area contributed by atoms with E-state index in [0.717, 1.165) is 5.56 Å². The molecule has 1 fully saturated rings. The van der Waals surface area contributed by atoms with Crippen molar-refractivity contribution >= 4 is 40.7 Å². The lowest BCUT2D eigenvalue weighted by Crippen LogP contribution is -2.57. The fourth-order valence-corrected chi connectivity index (χ4v) is 5.87. The molecule has 3 atom stereocenters. The minimum absolute atomic E-state index is 0.0192. The number of aliphatic hydroxyl groups excluding tert-OH is 1. The number of carbonyl (C=O) groups is 2. The molecule has 5 rings (SSSR count). The van der Waals surface area contributed by atoms with Gasteiger partial charge in [-0.2, -0.15) is 0 Å². The summed E-state index contributed by atoms with van der Waals surface area (Å²) in [5, 5.41) is 16.1. The highest BCUT2D eigenvalue weighted by atomic mass is 35.5. The summed E-state index contributed by atoms with van der Waals surface area (Å²) in [5.74, 6) is -1.47. The quantitative estimate of drug-likeness (QED) is 0.432. The molecule has 2 amide bonds. The summed E-state index contributed by atoms with van der Waals surface area (Å²) in [5.41, 5.74) is 1.54. The number of aliphatic hydroxyl groups is 1. The molecule has 3 aromatic carbocycles. The lowest BCUT2D eigenvalue weighted by atomic mass is 9.59. The normalized spacial score (nSPS) is 22.8. The number of amides is 2. The molecule has 6 nitrogen and oxygen atoms in total. The summed E-state index contributed by atoms with van der Waals surface area (Å²) in [4.78, 5) is 27.3. The van der Waals surface area contributed by atoms with Crippen molar-refractivity contribution in [2.24, 2.45) is 0 Å². The van der Waals surface area contributed by atoms with Gasteiger partial charge in [-0.1, -0.05) is 35.3 Å². The summed E-state index contributed by atoms with van der Waals surface area (Å²) >= 11 is 12.6. The first kappa shape index (κ1) is 24.6. The van der Waals surface area contributed by atoms with Crippen LogP contribution < -0.4 is 15.4 Å². The van der Waals surface area contributed by atoms with Gasteiger partial charge < -0.3 is 20.5 Å². The third-order valence-electron chi connectivity index (χ3n) is 7.00. The van der Waals surface area contributed by atoms with E-state index in [0.29, 0.717) is 38.2 Å². The number of halogens is 3. The average Bonchev–Trinajstić information content (AvgIpc) is 3.12. The van der Waals surface area contributed by atoms with Gasteiger partial charge in [-0.05, 0) is 66.1 Å². The maximum Gasteiger partial charge on any atom is 0.238 e. The molecule has 0 aliphatic carbocycles. The van der Waals surface area contributed by atoms with E-state index in [4.69, 9.17) is 27.9 Å². The first-order valence-corrected chi connectivity index (χ1v) is 12.2. The fraction of sp³-hybridized carbons (Fsp3) is 0.259. The van der Waals surface area contributed by atoms with Crippen LogP contribution in [0.25, 0.3) is 0 Å². The number of nitrogens with one attached hydrogen (secondary N) is 2. The van der Waals surface area contributed by atoms with Crippen LogP contribution in [-0.2, 0) is 15.0 Å². The Kier molecular flexibility index (Phi) is 6.41. The van der Waals surface area contributed by atoms with Crippen LogP contribution in [-0.4, -0.2) is 30.1 Å². The van der Waals surface area contributed by atoms with Gasteiger partial charge in [0.1, 0.15) is 23.6 Å². The van der Waals surface area contributed by atoms with Crippen molar-refractivity contribution in [3.63, 3.8) is 0 Å². The van der Waals surface area contributed by atoms with Gasteiger partial charge in [-0.15, -0.1) is 0 Å². The standard InChI is InChI=1S/C27H23Cl2FN2O4/c1-14-2-5-17(30)12-18(14)25-27(20-6-3-16(29)11-22(20)31-26(27)35)21(13-24(34)32-25)19-10-15(28)4-7-23(19)36-9-8-33/h2-7,10-12,21,25,33H,8-9,13H2,1H3,(H,31,35)(H,32,34)/t21-,25+,27-/m0/s1. The number of anilines is 1. The fourth-order valence-electron chi connectivity index (χ4n) is 5.52. The summed E-state index contributed by atoms with van der Waals surface area (Å²) in [6.07, 6.45) is -0.0455. The number of carbonyl (C=O) groups excluding carboxylic acids is 2. The van der Waals surface area contributed by atoms with E-state index in [1.807, 2.05) is 6.92 Å². The molecule has 1 spiro atoms. The van der Waals surface area contributed by atoms with Gasteiger partial charge in [0.2, 0.25) is 11.8 Å². The van der Waals surface area contributed by atoms with Gasteiger partial charge in [0.05, 0.1) is 12.6 Å². The van der Waals surface area contributed by atoms with Crippen molar-refractivity contribution in [2.45, 2.75) is 30.7 Å². The Hall–Kier alpha value is -3.13. The van der Waals surface area contributed by atoms with Crippen molar-refractivity contribution in [3.8, 4) is 5.75 Å². The third-order valence-corrected chi connectivity index (χ3v) is 7.47. The second-order valence-corrected chi connectivity index (χ2v) is 9.90. The van der Waals surface area contributed by atoms with E-state index < -0.39 is 23.2 Å². The Balaban J connectivity index is 1.82. The minimum Gasteiger partial charge on any atom is -0.491 e. The zero-order chi connectivity index (χ0) is 25.6. The van der Waals surface area contributed by atoms with Gasteiger partial charge >= 0.3 is 0 Å². The van der Waals surface area contributed by atoms with Crippen molar-refractivity contribution in [3.05, 3.63) is 92.7 Å². The van der Waals surface area contributed by atoms with E-state index in [-0.39, 0.29) is 31.4 Å². The second kappa shape index (κ2) is 9.39. The SMILES string of the molecule is Cc1ccc(F)cc1[C@H]1NC(=O)C[C@@H](c2cc(Cl)ccc2OCCO)[C@]12C(=O)Nc1cc(Cl)ccc12. The zero-order valence-corrected chi connectivity index (χ0v) is 20.8. The minimum atomic E-state index is -1.37. The number of ether oxygens (including phenoxy) is 1. The largest absolute Gasteiger partial charge is 0.491 e. The van der Waals surface area contributed by atoms with Crippen LogP contribution >= 0.6 is 23.2 Å². The van der Waals surface area contributed by atoms with Crippen LogP contribution in [0.5, 0.6) is 5.75 Å². The van der Waals surface area contributed by atoms with Crippen LogP contribution in [0, 0.1) is 12.7 Å². The number of benzene rings is 3. The second-order valence-electron chi connectivity index (χ2n) is 9.03. The Morgan fingerprint density at radius 3 is 2.58 bits per heavy atom. The van der Waals surface area contributed by atoms with Crippen molar-refractivity contribution in [1.29, 1.82) is 0 Å². The highest BCUT2D eigenvalue weighted by Crippen LogP contribution is 2.59. The number of piperidine rings is 1. The highest BCUT2D eigenvalue weighted by Gasteiger charge is 2.61. The molecule has 2 aliphatic rings. The van der Waals surface area contributed by atoms with E-state index >= 15 is 0 Å². The van der Waals surface area contributed by atoms with Crippen LogP contribution in [0.3, 0.4) is 0 Å². The monoisotopic (exact) mass is 528 g/mol. The molecule has 9 heteroatoms. The van der Waals surface area contributed by atoms with Gasteiger partial charge in [0.25, 0.3) is 0 Å². The Labute approximate surface area is 217 Å². The van der Waals surface area contributed by atoms with E-state index in [1.54, 1.807) is 42.5 Å². The van der Waals surface area contributed by atoms with Crippen LogP contribution in [0.1, 0.15) is 40.6 Å². The smallest absolute Gasteiger partial charge is 0.238 e. The molecule has 2 aliphatic heterocycles. The molecule has 2 heterocycles. The van der Waals surface area contributed by atoms with E-state index in [1.165, 1.54) is 12.1 Å². The zero-order valence-electron chi connectivity index (χ0n) is 19.3. The predicted molar refractivity (Wildman–Crippen MR) is 135 cm³/mol. The van der Waals surface area contributed by atoms with Gasteiger partial charge in [-0.3, -0.25) is 9.59 Å². The number of hydrogen-bond donors (Lipinski definition) is 3. The van der Waals surface area contributed by atoms with E-state index in [9.17, 15) is 19.1 Å². The highest BCUT2D eigenvalue weighted by molar-refractivity contribution is 6.31. The van der Waals surface area contributed by atoms with Crippen molar-refractivity contribution in [1.82, 2.24) is 5.32 Å². The van der Waals surface area contributed by atoms with Crippen LogP contribution in [0.4, 0.5) is 10.1 Å². The summed E-state index contributed by atoms with van der Waals surface area (Å²) in [6.45, 7) is 1.61. The molecule has 1 saturated heterocycles. The average molecular weight is 529 g/mol. The van der Waals surface area contributed by atoms with Gasteiger partial charge in [0, 0.05) is 33.6 Å². The number of hydrogen-bond acceptors (Lipinski definition) is 4. The molecule has 0 radical (unpaired) electrons.